The molecule has 7 heteroatoms. The maximum Gasteiger partial charge on any atom is 0.264 e. The molecule has 0 aliphatic rings. The van der Waals surface area contributed by atoms with Gasteiger partial charge in [0.1, 0.15) is 5.82 Å². The second kappa shape index (κ2) is 4.93. The summed E-state index contributed by atoms with van der Waals surface area (Å²) in [5, 5.41) is 0. The number of aromatic nitrogens is 2. The highest BCUT2D eigenvalue weighted by Crippen LogP contribution is 2.22. The summed E-state index contributed by atoms with van der Waals surface area (Å²) < 4.78 is 39.9. The lowest BCUT2D eigenvalue weighted by molar-refractivity contribution is 0.597. The van der Waals surface area contributed by atoms with Gasteiger partial charge >= 0.3 is 0 Å². The summed E-state index contributed by atoms with van der Waals surface area (Å²) in [6.07, 6.45) is 2.85. The Bertz CT molecular complexity index is 679. The Morgan fingerprint density at radius 3 is 2.16 bits per heavy atom. The van der Waals surface area contributed by atoms with Crippen LogP contribution in [-0.2, 0) is 10.0 Å². The first-order chi connectivity index (χ1) is 8.90. The minimum absolute atomic E-state index is 0.0226. The van der Waals surface area contributed by atoms with Gasteiger partial charge in [-0.3, -0.25) is 0 Å². The van der Waals surface area contributed by atoms with Crippen LogP contribution in [0, 0.1) is 19.7 Å². The van der Waals surface area contributed by atoms with Crippen molar-refractivity contribution in [1.82, 2.24) is 9.97 Å². The van der Waals surface area contributed by atoms with Crippen molar-refractivity contribution in [2.75, 3.05) is 4.72 Å². The SMILES string of the molecule is Cc1cc(F)cc(C)c1S(=O)(=O)Nc1ncccn1. The van der Waals surface area contributed by atoms with Crippen LogP contribution >= 0.6 is 0 Å². The molecule has 0 aliphatic carbocycles. The molecule has 0 spiro atoms. The van der Waals surface area contributed by atoms with Crippen molar-refractivity contribution < 1.29 is 12.8 Å². The lowest BCUT2D eigenvalue weighted by atomic mass is 10.1. The molecule has 1 aromatic heterocycles. The lowest BCUT2D eigenvalue weighted by Crippen LogP contribution is -2.17. The molecule has 0 amide bonds. The van der Waals surface area contributed by atoms with E-state index in [2.05, 4.69) is 14.7 Å². The quantitative estimate of drug-likeness (QED) is 0.934. The summed E-state index contributed by atoms with van der Waals surface area (Å²) in [6.45, 7) is 3.08. The summed E-state index contributed by atoms with van der Waals surface area (Å²) >= 11 is 0. The van der Waals surface area contributed by atoms with E-state index in [0.29, 0.717) is 11.1 Å². The van der Waals surface area contributed by atoms with Gasteiger partial charge in [-0.25, -0.2) is 27.5 Å². The average Bonchev–Trinajstić information content (AvgIpc) is 2.27. The monoisotopic (exact) mass is 281 g/mol. The van der Waals surface area contributed by atoms with E-state index < -0.39 is 15.8 Å². The number of nitrogens with zero attached hydrogens (tertiary/aromatic N) is 2. The van der Waals surface area contributed by atoms with E-state index in [4.69, 9.17) is 0 Å². The van der Waals surface area contributed by atoms with Crippen molar-refractivity contribution in [3.63, 3.8) is 0 Å². The second-order valence-corrected chi connectivity index (χ2v) is 5.67. The molecule has 1 heterocycles. The van der Waals surface area contributed by atoms with Crippen LogP contribution in [0.5, 0.6) is 0 Å². The molecule has 0 unspecified atom stereocenters. The van der Waals surface area contributed by atoms with Crippen molar-refractivity contribution in [2.24, 2.45) is 0 Å². The topological polar surface area (TPSA) is 72.0 Å². The van der Waals surface area contributed by atoms with E-state index >= 15 is 0 Å². The third-order valence-corrected chi connectivity index (χ3v) is 4.12. The van der Waals surface area contributed by atoms with Gasteiger partial charge in [-0.2, -0.15) is 0 Å². The van der Waals surface area contributed by atoms with Crippen LogP contribution in [0.4, 0.5) is 10.3 Å². The van der Waals surface area contributed by atoms with Crippen LogP contribution in [0.1, 0.15) is 11.1 Å². The fourth-order valence-corrected chi connectivity index (χ4v) is 3.26. The predicted octanol–water partition coefficient (Wildman–Crippen LogP) is 2.03. The molecule has 0 aliphatic heterocycles. The Labute approximate surface area is 110 Å². The second-order valence-electron chi connectivity index (χ2n) is 4.05. The molecule has 5 nitrogen and oxygen atoms in total. The molecule has 19 heavy (non-hydrogen) atoms. The van der Waals surface area contributed by atoms with Gasteiger partial charge in [-0.05, 0) is 43.2 Å². The van der Waals surface area contributed by atoms with Gasteiger partial charge in [-0.15, -0.1) is 0 Å². The summed E-state index contributed by atoms with van der Waals surface area (Å²) in [5.41, 5.74) is 0.668. The van der Waals surface area contributed by atoms with Crippen molar-refractivity contribution >= 4 is 16.0 Å². The number of aryl methyl sites for hydroxylation is 2. The normalized spacial score (nSPS) is 11.3. The molecular formula is C12H12FN3O2S. The van der Waals surface area contributed by atoms with Crippen LogP contribution in [0.15, 0.2) is 35.5 Å². The molecule has 0 atom stereocenters. The highest BCUT2D eigenvalue weighted by atomic mass is 32.2. The lowest BCUT2D eigenvalue weighted by Gasteiger charge is -2.11. The Hall–Kier alpha value is -2.02. The Balaban J connectivity index is 2.46. The minimum Gasteiger partial charge on any atom is -0.247 e. The van der Waals surface area contributed by atoms with Gasteiger partial charge in [0, 0.05) is 12.4 Å². The zero-order valence-electron chi connectivity index (χ0n) is 10.4. The number of benzene rings is 1. The first-order valence-corrected chi connectivity index (χ1v) is 6.95. The van der Waals surface area contributed by atoms with Gasteiger partial charge in [0.2, 0.25) is 5.95 Å². The van der Waals surface area contributed by atoms with E-state index in [-0.39, 0.29) is 10.8 Å². The molecule has 1 N–H and O–H groups in total. The molecule has 0 radical (unpaired) electrons. The number of halogens is 1. The summed E-state index contributed by atoms with van der Waals surface area (Å²) in [7, 11) is -3.83. The van der Waals surface area contributed by atoms with E-state index in [1.54, 1.807) is 6.07 Å². The number of rotatable bonds is 3. The minimum atomic E-state index is -3.83. The van der Waals surface area contributed by atoms with Crippen LogP contribution < -0.4 is 4.72 Å². The fourth-order valence-electron chi connectivity index (χ4n) is 1.84. The van der Waals surface area contributed by atoms with Crippen LogP contribution in [0.3, 0.4) is 0 Å². The van der Waals surface area contributed by atoms with Gasteiger partial charge in [0.15, 0.2) is 0 Å². The summed E-state index contributed by atoms with van der Waals surface area (Å²) in [4.78, 5) is 7.62. The molecule has 2 rings (SSSR count). The third kappa shape index (κ3) is 2.87. The highest BCUT2D eigenvalue weighted by Gasteiger charge is 2.21. The van der Waals surface area contributed by atoms with Gasteiger partial charge in [0.05, 0.1) is 4.90 Å². The molecular weight excluding hydrogens is 269 g/mol. The maximum absolute atomic E-state index is 13.2. The largest absolute Gasteiger partial charge is 0.264 e. The Kier molecular flexibility index (Phi) is 3.48. The standard InChI is InChI=1S/C12H12FN3O2S/c1-8-6-10(13)7-9(2)11(8)19(17,18)16-12-14-4-3-5-15-12/h3-7H,1-2H3,(H,14,15,16). The molecule has 0 saturated carbocycles. The maximum atomic E-state index is 13.2. The predicted molar refractivity (Wildman–Crippen MR) is 68.7 cm³/mol. The van der Waals surface area contributed by atoms with E-state index in [0.717, 1.165) is 0 Å². The highest BCUT2D eigenvalue weighted by molar-refractivity contribution is 7.92. The molecule has 2 aromatic rings. The van der Waals surface area contributed by atoms with E-state index in [1.165, 1.54) is 38.4 Å². The summed E-state index contributed by atoms with van der Waals surface area (Å²) in [6, 6.07) is 3.92. The Morgan fingerprint density at radius 2 is 1.63 bits per heavy atom. The fraction of sp³-hybridized carbons (Fsp3) is 0.167. The number of nitrogens with one attached hydrogen (secondary N) is 1. The zero-order chi connectivity index (χ0) is 14.0. The van der Waals surface area contributed by atoms with Crippen molar-refractivity contribution in [2.45, 2.75) is 18.7 Å². The van der Waals surface area contributed by atoms with Crippen LogP contribution in [0.25, 0.3) is 0 Å². The first kappa shape index (κ1) is 13.4. The Morgan fingerprint density at radius 1 is 1.11 bits per heavy atom. The van der Waals surface area contributed by atoms with Crippen LogP contribution in [0.2, 0.25) is 0 Å². The summed E-state index contributed by atoms with van der Waals surface area (Å²) in [5.74, 6) is -0.490. The first-order valence-electron chi connectivity index (χ1n) is 5.47. The molecule has 0 saturated heterocycles. The van der Waals surface area contributed by atoms with Gasteiger partial charge in [0.25, 0.3) is 10.0 Å². The van der Waals surface area contributed by atoms with Crippen molar-refractivity contribution in [3.8, 4) is 0 Å². The smallest absolute Gasteiger partial charge is 0.247 e. The molecule has 1 aromatic carbocycles. The van der Waals surface area contributed by atoms with Gasteiger partial charge < -0.3 is 0 Å². The molecule has 0 bridgehead atoms. The van der Waals surface area contributed by atoms with Crippen LogP contribution in [-0.4, -0.2) is 18.4 Å². The van der Waals surface area contributed by atoms with E-state index in [9.17, 15) is 12.8 Å². The van der Waals surface area contributed by atoms with Crippen molar-refractivity contribution in [3.05, 3.63) is 47.5 Å². The number of anilines is 1. The molecule has 100 valence electrons. The molecule has 0 fully saturated rings. The zero-order valence-corrected chi connectivity index (χ0v) is 11.2. The number of sulfonamides is 1. The average molecular weight is 281 g/mol. The third-order valence-electron chi connectivity index (χ3n) is 2.49. The van der Waals surface area contributed by atoms with Gasteiger partial charge in [-0.1, -0.05) is 0 Å². The number of hydrogen-bond acceptors (Lipinski definition) is 4. The van der Waals surface area contributed by atoms with Crippen molar-refractivity contribution in [1.29, 1.82) is 0 Å². The number of hydrogen-bond donors (Lipinski definition) is 1. The van der Waals surface area contributed by atoms with E-state index in [1.807, 2.05) is 0 Å².